The van der Waals surface area contributed by atoms with Gasteiger partial charge in [-0.3, -0.25) is 14.2 Å². The Labute approximate surface area is 159 Å². The number of amides is 1. The van der Waals surface area contributed by atoms with Crippen LogP contribution in [0.25, 0.3) is 0 Å². The molecule has 3 aromatic rings. The largest absolute Gasteiger partial charge is 0.467 e. The molecule has 9 heteroatoms. The molecule has 4 heterocycles. The van der Waals surface area contributed by atoms with Crippen molar-refractivity contribution >= 4 is 11.7 Å². The van der Waals surface area contributed by atoms with Gasteiger partial charge in [-0.1, -0.05) is 6.07 Å². The molecule has 0 radical (unpaired) electrons. The van der Waals surface area contributed by atoms with E-state index in [0.717, 1.165) is 10.4 Å². The van der Waals surface area contributed by atoms with Gasteiger partial charge >= 0.3 is 5.69 Å². The van der Waals surface area contributed by atoms with E-state index in [1.165, 1.54) is 12.5 Å². The number of carbonyl (C=O) groups is 1. The summed E-state index contributed by atoms with van der Waals surface area (Å²) >= 11 is 0. The van der Waals surface area contributed by atoms with Crippen molar-refractivity contribution in [1.82, 2.24) is 19.4 Å². The summed E-state index contributed by atoms with van der Waals surface area (Å²) in [4.78, 5) is 48.1. The number of pyridine rings is 1. The topological polar surface area (TPSA) is 104 Å². The summed E-state index contributed by atoms with van der Waals surface area (Å²) < 4.78 is 6.17. The number of piperazine rings is 1. The van der Waals surface area contributed by atoms with Gasteiger partial charge in [-0.15, -0.1) is 0 Å². The maximum atomic E-state index is 12.9. The summed E-state index contributed by atoms with van der Waals surface area (Å²) in [6.45, 7) is 2.13. The van der Waals surface area contributed by atoms with E-state index in [4.69, 9.17) is 4.42 Å². The number of nitrogens with zero attached hydrogens (tertiary/aromatic N) is 4. The molecule has 0 aromatic carbocycles. The average Bonchev–Trinajstić information content (AvgIpc) is 3.25. The number of nitrogens with one attached hydrogen (secondary N) is 1. The van der Waals surface area contributed by atoms with Crippen LogP contribution in [0.4, 0.5) is 5.82 Å². The van der Waals surface area contributed by atoms with Crippen molar-refractivity contribution in [3.05, 3.63) is 81.2 Å². The van der Waals surface area contributed by atoms with Crippen molar-refractivity contribution in [2.24, 2.45) is 0 Å². The number of rotatable bonds is 4. The fraction of sp³-hybridized carbons (Fsp3) is 0.263. The Morgan fingerprint density at radius 1 is 1.11 bits per heavy atom. The smallest absolute Gasteiger partial charge is 0.328 e. The monoisotopic (exact) mass is 381 g/mol. The minimum atomic E-state index is -0.627. The summed E-state index contributed by atoms with van der Waals surface area (Å²) in [6.07, 6.45) is 4.38. The van der Waals surface area contributed by atoms with Crippen LogP contribution in [0.15, 0.2) is 63.0 Å². The van der Waals surface area contributed by atoms with Gasteiger partial charge in [0.05, 0.1) is 12.8 Å². The maximum Gasteiger partial charge on any atom is 0.328 e. The van der Waals surface area contributed by atoms with Crippen LogP contribution in [0.1, 0.15) is 16.1 Å². The van der Waals surface area contributed by atoms with Crippen molar-refractivity contribution in [3.8, 4) is 0 Å². The van der Waals surface area contributed by atoms with Gasteiger partial charge in [0.25, 0.3) is 11.5 Å². The molecule has 9 nitrogen and oxygen atoms in total. The maximum absolute atomic E-state index is 12.9. The van der Waals surface area contributed by atoms with Crippen LogP contribution in [-0.4, -0.2) is 51.5 Å². The quantitative estimate of drug-likeness (QED) is 0.707. The van der Waals surface area contributed by atoms with Gasteiger partial charge in [-0.2, -0.15) is 0 Å². The molecule has 1 amide bonds. The van der Waals surface area contributed by atoms with E-state index >= 15 is 0 Å². The minimum Gasteiger partial charge on any atom is -0.467 e. The van der Waals surface area contributed by atoms with E-state index < -0.39 is 17.2 Å². The van der Waals surface area contributed by atoms with Crippen LogP contribution in [-0.2, 0) is 6.54 Å². The van der Waals surface area contributed by atoms with Gasteiger partial charge in [0.2, 0.25) is 0 Å². The van der Waals surface area contributed by atoms with Crippen molar-refractivity contribution in [3.63, 3.8) is 0 Å². The molecule has 28 heavy (non-hydrogen) atoms. The first-order valence-electron chi connectivity index (χ1n) is 8.93. The van der Waals surface area contributed by atoms with Crippen molar-refractivity contribution < 1.29 is 9.21 Å². The first-order chi connectivity index (χ1) is 13.6. The van der Waals surface area contributed by atoms with E-state index in [-0.39, 0.29) is 12.1 Å². The van der Waals surface area contributed by atoms with Crippen LogP contribution in [0.2, 0.25) is 0 Å². The lowest BCUT2D eigenvalue weighted by Crippen LogP contribution is -2.50. The van der Waals surface area contributed by atoms with Gasteiger partial charge in [0.15, 0.2) is 0 Å². The molecule has 1 N–H and O–H groups in total. The van der Waals surface area contributed by atoms with E-state index in [0.29, 0.717) is 31.9 Å². The first-order valence-corrected chi connectivity index (χ1v) is 8.93. The van der Waals surface area contributed by atoms with Crippen LogP contribution in [0, 0.1) is 0 Å². The third-order valence-corrected chi connectivity index (χ3v) is 4.73. The third kappa shape index (κ3) is 3.46. The summed E-state index contributed by atoms with van der Waals surface area (Å²) in [5.74, 6) is 0.927. The highest BCUT2D eigenvalue weighted by atomic mass is 16.3. The number of hydrogen-bond donors (Lipinski definition) is 1. The van der Waals surface area contributed by atoms with Crippen molar-refractivity contribution in [1.29, 1.82) is 0 Å². The van der Waals surface area contributed by atoms with E-state index in [1.54, 1.807) is 23.2 Å². The summed E-state index contributed by atoms with van der Waals surface area (Å²) in [7, 11) is 0. The lowest BCUT2D eigenvalue weighted by Gasteiger charge is -2.35. The van der Waals surface area contributed by atoms with Crippen molar-refractivity contribution in [2.45, 2.75) is 6.54 Å². The highest BCUT2D eigenvalue weighted by molar-refractivity contribution is 5.93. The van der Waals surface area contributed by atoms with E-state index in [9.17, 15) is 14.4 Å². The van der Waals surface area contributed by atoms with Crippen LogP contribution < -0.4 is 16.1 Å². The molecular weight excluding hydrogens is 362 g/mol. The van der Waals surface area contributed by atoms with Crippen molar-refractivity contribution in [2.75, 3.05) is 31.1 Å². The second kappa shape index (κ2) is 7.55. The molecule has 0 spiro atoms. The van der Waals surface area contributed by atoms with Crippen LogP contribution >= 0.6 is 0 Å². The van der Waals surface area contributed by atoms with Gasteiger partial charge in [0.1, 0.15) is 17.1 Å². The fourth-order valence-corrected chi connectivity index (χ4v) is 3.22. The summed E-state index contributed by atoms with van der Waals surface area (Å²) in [6, 6.07) is 9.03. The number of hydrogen-bond acceptors (Lipinski definition) is 6. The fourth-order valence-electron chi connectivity index (χ4n) is 3.22. The Morgan fingerprint density at radius 3 is 2.61 bits per heavy atom. The zero-order valence-electron chi connectivity index (χ0n) is 15.1. The number of aromatic nitrogens is 3. The molecule has 3 aromatic heterocycles. The molecule has 0 aliphatic carbocycles. The molecule has 144 valence electrons. The lowest BCUT2D eigenvalue weighted by molar-refractivity contribution is 0.0743. The summed E-state index contributed by atoms with van der Waals surface area (Å²) in [5.41, 5.74) is -1.27. The van der Waals surface area contributed by atoms with E-state index in [1.807, 2.05) is 18.2 Å². The molecular formula is C19H19N5O4. The Kier molecular flexibility index (Phi) is 4.79. The second-order valence-corrected chi connectivity index (χ2v) is 6.45. The number of furan rings is 1. The van der Waals surface area contributed by atoms with Gasteiger partial charge in [-0.25, -0.2) is 9.78 Å². The Bertz CT molecular complexity index is 1060. The number of anilines is 1. The van der Waals surface area contributed by atoms with Crippen LogP contribution in [0.3, 0.4) is 0 Å². The predicted octanol–water partition coefficient (Wildman–Crippen LogP) is 0.535. The average molecular weight is 381 g/mol. The van der Waals surface area contributed by atoms with E-state index in [2.05, 4.69) is 14.9 Å². The number of aromatic amines is 1. The first kappa shape index (κ1) is 17.8. The molecule has 0 unspecified atom stereocenters. The molecule has 1 aliphatic heterocycles. The minimum absolute atomic E-state index is 0.0320. The second-order valence-electron chi connectivity index (χ2n) is 6.45. The molecule has 1 saturated heterocycles. The highest BCUT2D eigenvalue weighted by Crippen LogP contribution is 2.13. The normalized spacial score (nSPS) is 14.3. The predicted molar refractivity (Wildman–Crippen MR) is 101 cm³/mol. The number of H-pyrrole nitrogens is 1. The Morgan fingerprint density at radius 2 is 1.93 bits per heavy atom. The van der Waals surface area contributed by atoms with Gasteiger partial charge < -0.3 is 19.2 Å². The zero-order valence-corrected chi connectivity index (χ0v) is 15.1. The molecule has 1 fully saturated rings. The Hall–Kier alpha value is -3.62. The lowest BCUT2D eigenvalue weighted by atomic mass is 10.2. The molecule has 1 aliphatic rings. The number of carbonyl (C=O) groups excluding carboxylic acids is 1. The molecule has 0 atom stereocenters. The molecule has 4 rings (SSSR count). The van der Waals surface area contributed by atoms with Gasteiger partial charge in [-0.05, 0) is 24.3 Å². The molecule has 0 bridgehead atoms. The third-order valence-electron chi connectivity index (χ3n) is 4.73. The zero-order chi connectivity index (χ0) is 19.5. The molecule has 0 saturated carbocycles. The standard InChI is InChI=1S/C19H19N5O4/c25-17(23-9-7-22(8-10-23)16-5-1-2-6-20-16)15-12-21-19(27)24(18(15)26)13-14-4-3-11-28-14/h1-6,11-12H,7-10,13H2,(H,21,27). The summed E-state index contributed by atoms with van der Waals surface area (Å²) in [5, 5.41) is 0. The SMILES string of the molecule is O=C(c1c[nH]c(=O)n(Cc2ccco2)c1=O)N1CCN(c2ccccn2)CC1. The van der Waals surface area contributed by atoms with Gasteiger partial charge in [0, 0.05) is 38.6 Å². The highest BCUT2D eigenvalue weighted by Gasteiger charge is 2.25. The Balaban J connectivity index is 1.51. The van der Waals surface area contributed by atoms with Crippen LogP contribution in [0.5, 0.6) is 0 Å².